The zero-order valence-electron chi connectivity index (χ0n) is 17.6. The van der Waals surface area contributed by atoms with Gasteiger partial charge in [0.15, 0.2) is 0 Å². The second-order valence-electron chi connectivity index (χ2n) is 8.07. The number of rotatable bonds is 7. The van der Waals surface area contributed by atoms with E-state index in [4.69, 9.17) is 4.42 Å². The highest BCUT2D eigenvalue weighted by Gasteiger charge is 2.24. The number of nitrogens with one attached hydrogen (secondary N) is 1. The SMILES string of the molecule is CCCC(C)c1cc(C)c(C(=O)NC2CCN(Cc3cccnc3)CC2)c(=O)o1. The van der Waals surface area contributed by atoms with E-state index in [9.17, 15) is 9.59 Å². The quantitative estimate of drug-likeness (QED) is 0.772. The molecule has 2 aromatic heterocycles. The smallest absolute Gasteiger partial charge is 0.349 e. The molecule has 2 aromatic rings. The van der Waals surface area contributed by atoms with Crippen molar-refractivity contribution >= 4 is 5.91 Å². The maximum atomic E-state index is 12.7. The van der Waals surface area contributed by atoms with Crippen molar-refractivity contribution in [1.82, 2.24) is 15.2 Å². The molecule has 1 saturated heterocycles. The van der Waals surface area contributed by atoms with Crippen molar-refractivity contribution in [2.24, 2.45) is 0 Å². The Morgan fingerprint density at radius 2 is 2.14 bits per heavy atom. The Labute approximate surface area is 172 Å². The Morgan fingerprint density at radius 3 is 2.76 bits per heavy atom. The van der Waals surface area contributed by atoms with Crippen LogP contribution in [0.2, 0.25) is 0 Å². The Bertz CT molecular complexity index is 871. The molecule has 3 heterocycles. The minimum atomic E-state index is -0.533. The molecule has 0 aromatic carbocycles. The number of pyridine rings is 1. The van der Waals surface area contributed by atoms with E-state index < -0.39 is 5.63 Å². The fourth-order valence-corrected chi connectivity index (χ4v) is 3.97. The van der Waals surface area contributed by atoms with Crippen molar-refractivity contribution in [3.8, 4) is 0 Å². The first-order valence-corrected chi connectivity index (χ1v) is 10.5. The summed E-state index contributed by atoms with van der Waals surface area (Å²) in [4.78, 5) is 31.7. The van der Waals surface area contributed by atoms with E-state index in [2.05, 4.69) is 28.2 Å². The lowest BCUT2D eigenvalue weighted by atomic mass is 10.00. The summed E-state index contributed by atoms with van der Waals surface area (Å²) in [7, 11) is 0. The molecule has 0 spiro atoms. The minimum Gasteiger partial charge on any atom is -0.427 e. The van der Waals surface area contributed by atoms with Crippen molar-refractivity contribution in [3.05, 3.63) is 63.5 Å². The molecule has 6 heteroatoms. The number of aromatic nitrogens is 1. The number of aryl methyl sites for hydroxylation is 1. The number of carbonyl (C=O) groups excluding carboxylic acids is 1. The molecule has 156 valence electrons. The van der Waals surface area contributed by atoms with Gasteiger partial charge in [0.25, 0.3) is 5.91 Å². The van der Waals surface area contributed by atoms with Crippen LogP contribution in [0.25, 0.3) is 0 Å². The third-order valence-electron chi connectivity index (χ3n) is 5.65. The maximum Gasteiger partial charge on any atom is 0.349 e. The molecule has 1 N–H and O–H groups in total. The molecule has 1 atom stereocenters. The molecule has 0 aliphatic carbocycles. The normalized spacial score (nSPS) is 16.5. The largest absolute Gasteiger partial charge is 0.427 e. The Hall–Kier alpha value is -2.47. The lowest BCUT2D eigenvalue weighted by molar-refractivity contribution is 0.0903. The van der Waals surface area contributed by atoms with Crippen LogP contribution >= 0.6 is 0 Å². The number of likely N-dealkylation sites (tertiary alicyclic amines) is 1. The van der Waals surface area contributed by atoms with Gasteiger partial charge in [-0.1, -0.05) is 26.3 Å². The molecular weight excluding hydrogens is 366 g/mol. The highest BCUT2D eigenvalue weighted by Crippen LogP contribution is 2.21. The van der Waals surface area contributed by atoms with Gasteiger partial charge in [-0.2, -0.15) is 0 Å². The highest BCUT2D eigenvalue weighted by atomic mass is 16.4. The van der Waals surface area contributed by atoms with Gasteiger partial charge < -0.3 is 9.73 Å². The fourth-order valence-electron chi connectivity index (χ4n) is 3.97. The van der Waals surface area contributed by atoms with E-state index in [0.29, 0.717) is 11.3 Å². The van der Waals surface area contributed by atoms with Gasteiger partial charge in [0.05, 0.1) is 0 Å². The third-order valence-corrected chi connectivity index (χ3v) is 5.65. The molecule has 1 aliphatic heterocycles. The highest BCUT2D eigenvalue weighted by molar-refractivity contribution is 5.95. The van der Waals surface area contributed by atoms with Crippen molar-refractivity contribution in [2.45, 2.75) is 65.0 Å². The average molecular weight is 398 g/mol. The Kier molecular flexibility index (Phi) is 7.20. The summed E-state index contributed by atoms with van der Waals surface area (Å²) in [6.07, 6.45) is 7.36. The van der Waals surface area contributed by atoms with Crippen LogP contribution in [0, 0.1) is 6.92 Å². The van der Waals surface area contributed by atoms with Crippen LogP contribution in [0.5, 0.6) is 0 Å². The van der Waals surface area contributed by atoms with Crippen LogP contribution in [-0.4, -0.2) is 34.9 Å². The maximum absolute atomic E-state index is 12.7. The molecular formula is C23H31N3O3. The summed E-state index contributed by atoms with van der Waals surface area (Å²) in [6.45, 7) is 8.63. The van der Waals surface area contributed by atoms with Crippen LogP contribution in [0.15, 0.2) is 39.8 Å². The van der Waals surface area contributed by atoms with Crippen molar-refractivity contribution in [1.29, 1.82) is 0 Å². The van der Waals surface area contributed by atoms with Gasteiger partial charge in [-0.05, 0) is 49.4 Å². The van der Waals surface area contributed by atoms with E-state index in [0.717, 1.165) is 45.3 Å². The summed E-state index contributed by atoms with van der Waals surface area (Å²) in [6, 6.07) is 5.94. The summed E-state index contributed by atoms with van der Waals surface area (Å²) in [5, 5.41) is 3.04. The minimum absolute atomic E-state index is 0.0742. The molecule has 0 saturated carbocycles. The standard InChI is InChI=1S/C23H31N3O3/c1-4-6-16(2)20-13-17(3)21(23(28)29-20)22(27)25-19-8-11-26(12-9-19)15-18-7-5-10-24-14-18/h5,7,10,13-14,16,19H,4,6,8-9,11-12,15H2,1-3H3,(H,25,27). The number of nitrogens with zero attached hydrogens (tertiary/aromatic N) is 2. The molecule has 1 unspecified atom stereocenters. The number of amides is 1. The summed E-state index contributed by atoms with van der Waals surface area (Å²) in [5.74, 6) is 0.513. The van der Waals surface area contributed by atoms with E-state index in [1.54, 1.807) is 6.20 Å². The van der Waals surface area contributed by atoms with E-state index in [1.165, 1.54) is 5.56 Å². The second-order valence-corrected chi connectivity index (χ2v) is 8.07. The lowest BCUT2D eigenvalue weighted by Crippen LogP contribution is -2.45. The van der Waals surface area contributed by atoms with Gasteiger partial charge in [-0.25, -0.2) is 4.79 Å². The molecule has 1 amide bonds. The third kappa shape index (κ3) is 5.54. The van der Waals surface area contributed by atoms with E-state index >= 15 is 0 Å². The van der Waals surface area contributed by atoms with Crippen LogP contribution in [-0.2, 0) is 6.54 Å². The Balaban J connectivity index is 1.58. The monoisotopic (exact) mass is 397 g/mol. The van der Waals surface area contributed by atoms with E-state index in [-0.39, 0.29) is 23.4 Å². The summed E-state index contributed by atoms with van der Waals surface area (Å²) in [5.41, 5.74) is 1.48. The molecule has 1 aliphatic rings. The lowest BCUT2D eigenvalue weighted by Gasteiger charge is -2.32. The van der Waals surface area contributed by atoms with Gasteiger partial charge in [0.1, 0.15) is 11.3 Å². The van der Waals surface area contributed by atoms with Gasteiger partial charge in [-0.15, -0.1) is 0 Å². The molecule has 0 bridgehead atoms. The van der Waals surface area contributed by atoms with Crippen molar-refractivity contribution in [3.63, 3.8) is 0 Å². The zero-order valence-corrected chi connectivity index (χ0v) is 17.6. The molecule has 1 fully saturated rings. The number of piperidine rings is 1. The van der Waals surface area contributed by atoms with Crippen LogP contribution < -0.4 is 10.9 Å². The van der Waals surface area contributed by atoms with Crippen LogP contribution in [0.3, 0.4) is 0 Å². The number of hydrogen-bond acceptors (Lipinski definition) is 5. The molecule has 3 rings (SSSR count). The number of carbonyl (C=O) groups is 1. The predicted molar refractivity (Wildman–Crippen MR) is 113 cm³/mol. The first-order chi connectivity index (χ1) is 14.0. The first-order valence-electron chi connectivity index (χ1n) is 10.5. The zero-order chi connectivity index (χ0) is 20.8. The Morgan fingerprint density at radius 1 is 1.38 bits per heavy atom. The van der Waals surface area contributed by atoms with E-state index in [1.807, 2.05) is 32.2 Å². The van der Waals surface area contributed by atoms with Crippen LogP contribution in [0.4, 0.5) is 0 Å². The molecule has 29 heavy (non-hydrogen) atoms. The van der Waals surface area contributed by atoms with Gasteiger partial charge in [-0.3, -0.25) is 14.7 Å². The first kappa shape index (κ1) is 21.2. The summed E-state index contributed by atoms with van der Waals surface area (Å²) >= 11 is 0. The van der Waals surface area contributed by atoms with Gasteiger partial charge in [0, 0.05) is 44.0 Å². The van der Waals surface area contributed by atoms with Crippen molar-refractivity contribution < 1.29 is 9.21 Å². The van der Waals surface area contributed by atoms with Gasteiger partial charge in [0.2, 0.25) is 0 Å². The molecule has 0 radical (unpaired) electrons. The average Bonchev–Trinajstić information content (AvgIpc) is 2.70. The predicted octanol–water partition coefficient (Wildman–Crippen LogP) is 3.64. The van der Waals surface area contributed by atoms with Crippen LogP contribution in [0.1, 0.15) is 72.7 Å². The fraction of sp³-hybridized carbons (Fsp3) is 0.522. The second kappa shape index (κ2) is 9.83. The van der Waals surface area contributed by atoms with Crippen molar-refractivity contribution in [2.75, 3.05) is 13.1 Å². The summed E-state index contributed by atoms with van der Waals surface area (Å²) < 4.78 is 5.47. The number of hydrogen-bond donors (Lipinski definition) is 1. The van der Waals surface area contributed by atoms with Gasteiger partial charge >= 0.3 is 5.63 Å². The molecule has 6 nitrogen and oxygen atoms in total. The topological polar surface area (TPSA) is 75.4 Å².